The number of rotatable bonds is 4. The van der Waals surface area contributed by atoms with Gasteiger partial charge in [-0.05, 0) is 43.7 Å². The molecule has 0 spiro atoms. The van der Waals surface area contributed by atoms with Crippen molar-refractivity contribution in [2.75, 3.05) is 12.4 Å². The second-order valence-corrected chi connectivity index (χ2v) is 4.20. The fourth-order valence-corrected chi connectivity index (χ4v) is 1.66. The first kappa shape index (κ1) is 12.4. The molecule has 0 saturated carbocycles. The number of ether oxygens (including phenoxy) is 1. The summed E-state index contributed by atoms with van der Waals surface area (Å²) in [4.78, 5) is 8.49. The summed E-state index contributed by atoms with van der Waals surface area (Å²) in [6.45, 7) is 3.98. The summed E-state index contributed by atoms with van der Waals surface area (Å²) < 4.78 is 5.72. The molecule has 0 aliphatic carbocycles. The second-order valence-electron chi connectivity index (χ2n) is 4.20. The highest BCUT2D eigenvalue weighted by molar-refractivity contribution is 5.70. The van der Waals surface area contributed by atoms with Crippen molar-refractivity contribution in [1.29, 1.82) is 0 Å². The van der Waals surface area contributed by atoms with E-state index in [1.54, 1.807) is 12.4 Å². The molecule has 0 radical (unpaired) electrons. The molecule has 4 nitrogen and oxygen atoms in total. The highest BCUT2D eigenvalue weighted by atomic mass is 16.5. The molecule has 4 heteroatoms. The molecule has 2 rings (SSSR count). The minimum atomic E-state index is 0.101. The Kier molecular flexibility index (Phi) is 3.77. The zero-order valence-corrected chi connectivity index (χ0v) is 10.8. The molecule has 0 aromatic carbocycles. The van der Waals surface area contributed by atoms with Crippen LogP contribution in [0.15, 0.2) is 36.7 Å². The maximum Gasteiger partial charge on any atom is 0.221 e. The van der Waals surface area contributed by atoms with E-state index in [4.69, 9.17) is 4.74 Å². The molecule has 0 atom stereocenters. The summed E-state index contributed by atoms with van der Waals surface area (Å²) in [5.41, 5.74) is 2.02. The molecule has 0 saturated heterocycles. The average molecular weight is 243 g/mol. The van der Waals surface area contributed by atoms with Gasteiger partial charge in [-0.2, -0.15) is 0 Å². The van der Waals surface area contributed by atoms with E-state index in [1.165, 1.54) is 0 Å². The molecular weight excluding hydrogens is 226 g/mol. The van der Waals surface area contributed by atoms with Gasteiger partial charge in [0.05, 0.1) is 6.10 Å². The van der Waals surface area contributed by atoms with E-state index in [2.05, 4.69) is 15.3 Å². The Labute approximate surface area is 107 Å². The Balaban J connectivity index is 2.42. The molecular formula is C14H17N3O. The van der Waals surface area contributed by atoms with E-state index in [9.17, 15) is 0 Å². The Morgan fingerprint density at radius 1 is 1.17 bits per heavy atom. The number of hydrogen-bond acceptors (Lipinski definition) is 4. The summed E-state index contributed by atoms with van der Waals surface area (Å²) in [7, 11) is 1.85. The fraction of sp³-hybridized carbons (Fsp3) is 0.286. The van der Waals surface area contributed by atoms with E-state index in [1.807, 2.05) is 45.2 Å². The summed E-state index contributed by atoms with van der Waals surface area (Å²) in [5, 5.41) is 3.03. The van der Waals surface area contributed by atoms with Gasteiger partial charge < -0.3 is 10.1 Å². The smallest absolute Gasteiger partial charge is 0.221 e. The van der Waals surface area contributed by atoms with Gasteiger partial charge in [-0.3, -0.25) is 0 Å². The van der Waals surface area contributed by atoms with Crippen molar-refractivity contribution in [2.45, 2.75) is 20.0 Å². The lowest BCUT2D eigenvalue weighted by Crippen LogP contribution is -2.07. The van der Waals surface area contributed by atoms with Crippen LogP contribution in [0.2, 0.25) is 0 Å². The van der Waals surface area contributed by atoms with Gasteiger partial charge in [0.25, 0.3) is 0 Å². The second kappa shape index (κ2) is 5.49. The molecule has 0 unspecified atom stereocenters. The van der Waals surface area contributed by atoms with Gasteiger partial charge in [-0.1, -0.05) is 0 Å². The van der Waals surface area contributed by atoms with Crippen LogP contribution in [0, 0.1) is 0 Å². The molecule has 0 amide bonds. The molecule has 0 fully saturated rings. The topological polar surface area (TPSA) is 47.0 Å². The van der Waals surface area contributed by atoms with E-state index in [0.29, 0.717) is 5.88 Å². The maximum atomic E-state index is 5.72. The largest absolute Gasteiger partial charge is 0.475 e. The molecule has 0 aliphatic heterocycles. The molecule has 2 heterocycles. The van der Waals surface area contributed by atoms with Crippen molar-refractivity contribution >= 4 is 5.82 Å². The monoisotopic (exact) mass is 243 g/mol. The van der Waals surface area contributed by atoms with Crippen LogP contribution in [0.1, 0.15) is 13.8 Å². The quantitative estimate of drug-likeness (QED) is 0.896. The Bertz CT molecular complexity index is 526. The summed E-state index contributed by atoms with van der Waals surface area (Å²) in [6.07, 6.45) is 3.61. The van der Waals surface area contributed by atoms with Crippen molar-refractivity contribution in [3.05, 3.63) is 36.7 Å². The van der Waals surface area contributed by atoms with E-state index in [0.717, 1.165) is 16.9 Å². The molecule has 0 bridgehead atoms. The molecule has 94 valence electrons. The highest BCUT2D eigenvalue weighted by Crippen LogP contribution is 2.29. The van der Waals surface area contributed by atoms with Crippen LogP contribution in [0.3, 0.4) is 0 Å². The van der Waals surface area contributed by atoms with Crippen molar-refractivity contribution in [3.8, 4) is 17.0 Å². The predicted molar refractivity (Wildman–Crippen MR) is 72.8 cm³/mol. The number of nitrogens with zero attached hydrogens (tertiary/aromatic N) is 2. The molecule has 2 aromatic heterocycles. The first-order valence-corrected chi connectivity index (χ1v) is 5.96. The lowest BCUT2D eigenvalue weighted by Gasteiger charge is -2.13. The minimum Gasteiger partial charge on any atom is -0.475 e. The van der Waals surface area contributed by atoms with Crippen LogP contribution in [0.4, 0.5) is 5.82 Å². The zero-order chi connectivity index (χ0) is 13.0. The number of hydrogen-bond donors (Lipinski definition) is 1. The lowest BCUT2D eigenvalue weighted by molar-refractivity contribution is 0.234. The normalized spacial score (nSPS) is 10.4. The predicted octanol–water partition coefficient (Wildman–Crippen LogP) is 2.97. The lowest BCUT2D eigenvalue weighted by atomic mass is 10.1. The van der Waals surface area contributed by atoms with Crippen LogP contribution < -0.4 is 10.1 Å². The summed E-state index contributed by atoms with van der Waals surface area (Å²) in [6, 6.07) is 7.83. The first-order chi connectivity index (χ1) is 8.70. The Morgan fingerprint density at radius 2 is 2.00 bits per heavy atom. The fourth-order valence-electron chi connectivity index (χ4n) is 1.66. The molecule has 18 heavy (non-hydrogen) atoms. The number of anilines is 1. The molecule has 1 N–H and O–H groups in total. The van der Waals surface area contributed by atoms with Gasteiger partial charge in [0.1, 0.15) is 5.82 Å². The molecule has 0 aliphatic rings. The minimum absolute atomic E-state index is 0.101. The number of pyridine rings is 2. The van der Waals surface area contributed by atoms with Crippen molar-refractivity contribution < 1.29 is 4.74 Å². The van der Waals surface area contributed by atoms with Gasteiger partial charge in [0, 0.05) is 25.0 Å². The van der Waals surface area contributed by atoms with Crippen molar-refractivity contribution in [3.63, 3.8) is 0 Å². The van der Waals surface area contributed by atoms with Crippen LogP contribution in [0.25, 0.3) is 11.1 Å². The Morgan fingerprint density at radius 3 is 2.72 bits per heavy atom. The zero-order valence-electron chi connectivity index (χ0n) is 10.8. The van der Waals surface area contributed by atoms with Gasteiger partial charge in [-0.15, -0.1) is 0 Å². The summed E-state index contributed by atoms with van der Waals surface area (Å²) in [5.74, 6) is 1.48. The first-order valence-electron chi connectivity index (χ1n) is 5.96. The van der Waals surface area contributed by atoms with Gasteiger partial charge >= 0.3 is 0 Å². The van der Waals surface area contributed by atoms with Gasteiger partial charge in [-0.25, -0.2) is 9.97 Å². The van der Waals surface area contributed by atoms with Crippen LogP contribution in [-0.4, -0.2) is 23.1 Å². The van der Waals surface area contributed by atoms with Crippen LogP contribution >= 0.6 is 0 Å². The SMILES string of the molecule is CNc1cc(-c2cccnc2OC(C)C)ccn1. The third-order valence-corrected chi connectivity index (χ3v) is 2.45. The van der Waals surface area contributed by atoms with E-state index in [-0.39, 0.29) is 6.10 Å². The maximum absolute atomic E-state index is 5.72. The Hall–Kier alpha value is -2.10. The highest BCUT2D eigenvalue weighted by Gasteiger charge is 2.09. The van der Waals surface area contributed by atoms with E-state index >= 15 is 0 Å². The van der Waals surface area contributed by atoms with Crippen LogP contribution in [-0.2, 0) is 0 Å². The van der Waals surface area contributed by atoms with Crippen LogP contribution in [0.5, 0.6) is 5.88 Å². The average Bonchev–Trinajstić information content (AvgIpc) is 2.39. The van der Waals surface area contributed by atoms with E-state index < -0.39 is 0 Å². The van der Waals surface area contributed by atoms with Gasteiger partial charge in [0.2, 0.25) is 5.88 Å². The number of nitrogens with one attached hydrogen (secondary N) is 1. The van der Waals surface area contributed by atoms with Crippen molar-refractivity contribution in [1.82, 2.24) is 9.97 Å². The third kappa shape index (κ3) is 2.77. The third-order valence-electron chi connectivity index (χ3n) is 2.45. The van der Waals surface area contributed by atoms with Crippen molar-refractivity contribution in [2.24, 2.45) is 0 Å². The molecule has 2 aromatic rings. The number of aromatic nitrogens is 2. The summed E-state index contributed by atoms with van der Waals surface area (Å²) >= 11 is 0. The van der Waals surface area contributed by atoms with Gasteiger partial charge in [0.15, 0.2) is 0 Å². The standard InChI is InChI=1S/C14H17N3O/c1-10(2)18-14-12(5-4-7-17-14)11-6-8-16-13(9-11)15-3/h4-10H,1-3H3,(H,15,16).